The number of rotatable bonds is 4. The summed E-state index contributed by atoms with van der Waals surface area (Å²) in [6.45, 7) is 2.11. The molecule has 0 radical (unpaired) electrons. The van der Waals surface area contributed by atoms with Crippen molar-refractivity contribution in [1.82, 2.24) is 20.2 Å². The van der Waals surface area contributed by atoms with Gasteiger partial charge < -0.3 is 10.2 Å². The summed E-state index contributed by atoms with van der Waals surface area (Å²) in [6.07, 6.45) is 15.0. The van der Waals surface area contributed by atoms with Crippen molar-refractivity contribution in [3.8, 4) is 0 Å². The molecule has 1 spiro atoms. The van der Waals surface area contributed by atoms with Gasteiger partial charge in [-0.3, -0.25) is 14.6 Å². The Hall–Kier alpha value is -1.98. The zero-order valence-electron chi connectivity index (χ0n) is 14.9. The van der Waals surface area contributed by atoms with Gasteiger partial charge in [0.25, 0.3) is 5.91 Å². The number of carbonyl (C=O) groups is 2. The van der Waals surface area contributed by atoms with E-state index in [0.717, 1.165) is 19.5 Å². The molecule has 1 saturated carbocycles. The van der Waals surface area contributed by atoms with Gasteiger partial charge >= 0.3 is 0 Å². The second-order valence-corrected chi connectivity index (χ2v) is 7.43. The molecule has 0 atom stereocenters. The normalized spacial score (nSPS) is 20.1. The van der Waals surface area contributed by atoms with Crippen molar-refractivity contribution in [2.24, 2.45) is 5.41 Å². The molecule has 2 amide bonds. The van der Waals surface area contributed by atoms with Crippen molar-refractivity contribution in [2.75, 3.05) is 19.6 Å². The van der Waals surface area contributed by atoms with Crippen molar-refractivity contribution < 1.29 is 9.59 Å². The zero-order chi connectivity index (χ0) is 17.5. The Bertz CT molecular complexity index is 582. The van der Waals surface area contributed by atoms with Gasteiger partial charge in [-0.15, -0.1) is 0 Å². The summed E-state index contributed by atoms with van der Waals surface area (Å²) in [5.74, 6) is -0.123. The molecule has 0 bridgehead atoms. The van der Waals surface area contributed by atoms with Crippen molar-refractivity contribution in [3.05, 3.63) is 24.3 Å². The van der Waals surface area contributed by atoms with Gasteiger partial charge in [0.05, 0.1) is 6.20 Å². The van der Waals surface area contributed by atoms with Crippen molar-refractivity contribution in [3.63, 3.8) is 0 Å². The Morgan fingerprint density at radius 2 is 1.84 bits per heavy atom. The van der Waals surface area contributed by atoms with Crippen LogP contribution in [-0.4, -0.2) is 46.3 Å². The minimum atomic E-state index is -0.278. The van der Waals surface area contributed by atoms with Gasteiger partial charge in [0.1, 0.15) is 5.69 Å². The van der Waals surface area contributed by atoms with Gasteiger partial charge in [-0.25, -0.2) is 4.98 Å². The van der Waals surface area contributed by atoms with Crippen LogP contribution in [0.4, 0.5) is 0 Å². The molecule has 1 N–H and O–H groups in total. The zero-order valence-corrected chi connectivity index (χ0v) is 14.9. The highest BCUT2D eigenvalue weighted by molar-refractivity contribution is 5.92. The standard InChI is InChI=1S/C19H28N4O2/c24-17(6-10-22-18(25)16-14-20-11-12-21-16)23-13-5-9-19(15-23)7-3-1-2-4-8-19/h11-12,14H,1-10,13,15H2,(H,22,25). The first-order chi connectivity index (χ1) is 12.2. The largest absolute Gasteiger partial charge is 0.350 e. The van der Waals surface area contributed by atoms with Crippen molar-refractivity contribution >= 4 is 11.8 Å². The van der Waals surface area contributed by atoms with E-state index in [-0.39, 0.29) is 17.5 Å². The summed E-state index contributed by atoms with van der Waals surface area (Å²) in [5.41, 5.74) is 0.637. The van der Waals surface area contributed by atoms with Crippen LogP contribution in [0.2, 0.25) is 0 Å². The quantitative estimate of drug-likeness (QED) is 0.911. The number of hydrogen-bond acceptors (Lipinski definition) is 4. The molecule has 0 aromatic carbocycles. The highest BCUT2D eigenvalue weighted by atomic mass is 16.2. The Morgan fingerprint density at radius 1 is 1.08 bits per heavy atom. The van der Waals surface area contributed by atoms with Crippen molar-refractivity contribution in [2.45, 2.75) is 57.8 Å². The fourth-order valence-electron chi connectivity index (χ4n) is 4.26. The third kappa shape index (κ3) is 4.77. The molecule has 25 heavy (non-hydrogen) atoms. The van der Waals surface area contributed by atoms with Gasteiger partial charge in [0.15, 0.2) is 0 Å². The molecule has 1 aromatic rings. The van der Waals surface area contributed by atoms with E-state index >= 15 is 0 Å². The second kappa shape index (κ2) is 8.41. The van der Waals surface area contributed by atoms with Crippen LogP contribution in [0, 0.1) is 5.41 Å². The van der Waals surface area contributed by atoms with Crippen LogP contribution in [-0.2, 0) is 4.79 Å². The average molecular weight is 344 g/mol. The van der Waals surface area contributed by atoms with Crippen LogP contribution in [0.15, 0.2) is 18.6 Å². The summed E-state index contributed by atoms with van der Waals surface area (Å²) in [6, 6.07) is 0. The summed E-state index contributed by atoms with van der Waals surface area (Å²) < 4.78 is 0. The van der Waals surface area contributed by atoms with Gasteiger partial charge in [-0.2, -0.15) is 0 Å². The van der Waals surface area contributed by atoms with E-state index < -0.39 is 0 Å². The predicted octanol–water partition coefficient (Wildman–Crippen LogP) is 2.56. The van der Waals surface area contributed by atoms with E-state index in [0.29, 0.717) is 18.4 Å². The first-order valence-electron chi connectivity index (χ1n) is 9.51. The number of nitrogens with zero attached hydrogens (tertiary/aromatic N) is 3. The maximum Gasteiger partial charge on any atom is 0.271 e. The minimum absolute atomic E-state index is 0.155. The Kier molecular flexibility index (Phi) is 6.00. The van der Waals surface area contributed by atoms with E-state index in [2.05, 4.69) is 15.3 Å². The van der Waals surface area contributed by atoms with Crippen LogP contribution < -0.4 is 5.32 Å². The number of nitrogens with one attached hydrogen (secondary N) is 1. The van der Waals surface area contributed by atoms with Gasteiger partial charge in [-0.1, -0.05) is 25.7 Å². The molecule has 6 heteroatoms. The van der Waals surface area contributed by atoms with E-state index in [1.165, 1.54) is 63.5 Å². The van der Waals surface area contributed by atoms with Crippen molar-refractivity contribution in [1.29, 1.82) is 0 Å². The Morgan fingerprint density at radius 3 is 2.56 bits per heavy atom. The lowest BCUT2D eigenvalue weighted by Crippen LogP contribution is -2.46. The number of piperidine rings is 1. The Labute approximate surface area is 149 Å². The number of aromatic nitrogens is 2. The summed E-state index contributed by atoms with van der Waals surface area (Å²) in [5, 5.41) is 2.76. The fourth-order valence-corrected chi connectivity index (χ4v) is 4.26. The molecular weight excluding hydrogens is 316 g/mol. The Balaban J connectivity index is 1.47. The minimum Gasteiger partial charge on any atom is -0.350 e. The van der Waals surface area contributed by atoms with Crippen LogP contribution in [0.5, 0.6) is 0 Å². The average Bonchev–Trinajstić information content (AvgIpc) is 2.87. The van der Waals surface area contributed by atoms with E-state index in [9.17, 15) is 9.59 Å². The third-order valence-corrected chi connectivity index (χ3v) is 5.60. The molecule has 1 saturated heterocycles. The molecule has 0 unspecified atom stereocenters. The molecule has 3 rings (SSSR count). The molecule has 6 nitrogen and oxygen atoms in total. The van der Waals surface area contributed by atoms with Crippen LogP contribution in [0.1, 0.15) is 68.3 Å². The topological polar surface area (TPSA) is 75.2 Å². The van der Waals surface area contributed by atoms with E-state index in [4.69, 9.17) is 0 Å². The smallest absolute Gasteiger partial charge is 0.271 e. The van der Waals surface area contributed by atoms with Crippen LogP contribution in [0.25, 0.3) is 0 Å². The van der Waals surface area contributed by atoms with Crippen LogP contribution in [0.3, 0.4) is 0 Å². The lowest BCUT2D eigenvalue weighted by molar-refractivity contribution is -0.134. The van der Waals surface area contributed by atoms with Gasteiger partial charge in [0.2, 0.25) is 5.91 Å². The highest BCUT2D eigenvalue weighted by Gasteiger charge is 2.36. The first kappa shape index (κ1) is 17.8. The molecule has 2 heterocycles. The molecular formula is C19H28N4O2. The number of amides is 2. The molecule has 1 aliphatic heterocycles. The summed E-state index contributed by atoms with van der Waals surface area (Å²) in [4.78, 5) is 34.4. The monoisotopic (exact) mass is 344 g/mol. The molecule has 136 valence electrons. The maximum absolute atomic E-state index is 12.6. The fraction of sp³-hybridized carbons (Fsp3) is 0.684. The van der Waals surface area contributed by atoms with E-state index in [1.54, 1.807) is 0 Å². The van der Waals surface area contributed by atoms with Gasteiger partial charge in [0, 0.05) is 38.4 Å². The SMILES string of the molecule is O=C(NCCC(=O)N1CCCC2(CCCCCC2)C1)c1cnccn1. The third-order valence-electron chi connectivity index (χ3n) is 5.60. The maximum atomic E-state index is 12.6. The molecule has 1 aliphatic carbocycles. The lowest BCUT2D eigenvalue weighted by Gasteiger charge is -2.43. The molecule has 2 aliphatic rings. The van der Waals surface area contributed by atoms with Gasteiger partial charge in [-0.05, 0) is 31.1 Å². The summed E-state index contributed by atoms with van der Waals surface area (Å²) >= 11 is 0. The van der Waals surface area contributed by atoms with E-state index in [1.807, 2.05) is 4.90 Å². The summed E-state index contributed by atoms with van der Waals surface area (Å²) in [7, 11) is 0. The lowest BCUT2D eigenvalue weighted by atomic mass is 9.74. The number of carbonyl (C=O) groups excluding carboxylic acids is 2. The highest BCUT2D eigenvalue weighted by Crippen LogP contribution is 2.42. The number of likely N-dealkylation sites (tertiary alicyclic amines) is 1. The number of hydrogen-bond donors (Lipinski definition) is 1. The second-order valence-electron chi connectivity index (χ2n) is 7.43. The predicted molar refractivity (Wildman–Crippen MR) is 94.9 cm³/mol. The molecule has 2 fully saturated rings. The first-order valence-corrected chi connectivity index (χ1v) is 9.51. The molecule has 1 aromatic heterocycles. The van der Waals surface area contributed by atoms with Crippen LogP contribution >= 0.6 is 0 Å².